The molecule has 0 bridgehead atoms. The number of thioether (sulfide) groups is 1. The molecule has 0 spiro atoms. The molecule has 0 aliphatic heterocycles. The van der Waals surface area contributed by atoms with E-state index < -0.39 is 0 Å². The summed E-state index contributed by atoms with van der Waals surface area (Å²) in [5.41, 5.74) is 6.27. The maximum Gasteiger partial charge on any atom is 0.214 e. The van der Waals surface area contributed by atoms with E-state index in [2.05, 4.69) is 15.5 Å². The van der Waals surface area contributed by atoms with Gasteiger partial charge in [0.05, 0.1) is 11.5 Å². The van der Waals surface area contributed by atoms with Crippen LogP contribution < -0.4 is 5.73 Å². The van der Waals surface area contributed by atoms with E-state index in [0.717, 1.165) is 29.4 Å². The van der Waals surface area contributed by atoms with Gasteiger partial charge in [-0.25, -0.2) is 0 Å². The number of tetrazole rings is 1. The van der Waals surface area contributed by atoms with Crippen molar-refractivity contribution in [3.63, 3.8) is 0 Å². The minimum atomic E-state index is 0.249. The van der Waals surface area contributed by atoms with Crippen LogP contribution in [0.4, 0.5) is 0 Å². The molecule has 0 amide bonds. The van der Waals surface area contributed by atoms with Crippen LogP contribution >= 0.6 is 11.8 Å². The molecule has 0 unspecified atom stereocenters. The maximum absolute atomic E-state index is 7.15. The zero-order chi connectivity index (χ0) is 13.5. The highest BCUT2D eigenvalue weighted by Gasteiger charge is 2.07. The Morgan fingerprint density at radius 1 is 1.26 bits per heavy atom. The Bertz CT molecular complexity index is 524. The van der Waals surface area contributed by atoms with Crippen LogP contribution in [0.25, 0.3) is 5.69 Å². The fourth-order valence-electron chi connectivity index (χ4n) is 1.58. The monoisotopic (exact) mass is 276 g/mol. The number of nitrogens with zero attached hydrogens (tertiary/aromatic N) is 4. The van der Waals surface area contributed by atoms with E-state index in [-0.39, 0.29) is 5.84 Å². The van der Waals surface area contributed by atoms with Crippen molar-refractivity contribution in [3.05, 3.63) is 30.3 Å². The fourth-order valence-corrected chi connectivity index (χ4v) is 2.47. The number of hydrogen-bond donors (Lipinski definition) is 2. The standard InChI is InChI=1S/C12H16N6S/c13-11(14)8-4-5-9-19-12-15-16-17-18(12)10-6-2-1-3-7-10/h1-3,6-7H,4-5,8-9H2,(H3,13,14). The lowest BCUT2D eigenvalue weighted by molar-refractivity contribution is 0.755. The van der Waals surface area contributed by atoms with Gasteiger partial charge in [0.1, 0.15) is 0 Å². The first-order valence-electron chi connectivity index (χ1n) is 6.07. The summed E-state index contributed by atoms with van der Waals surface area (Å²) in [6, 6.07) is 9.81. The molecule has 0 aliphatic rings. The van der Waals surface area contributed by atoms with E-state index in [0.29, 0.717) is 6.42 Å². The highest BCUT2D eigenvalue weighted by atomic mass is 32.2. The van der Waals surface area contributed by atoms with Gasteiger partial charge in [0.25, 0.3) is 0 Å². The second-order valence-corrected chi connectivity index (χ2v) is 5.10. The van der Waals surface area contributed by atoms with Crippen LogP contribution in [0.3, 0.4) is 0 Å². The van der Waals surface area contributed by atoms with Gasteiger partial charge in [-0.1, -0.05) is 30.0 Å². The molecule has 7 heteroatoms. The van der Waals surface area contributed by atoms with E-state index in [4.69, 9.17) is 11.1 Å². The molecule has 1 heterocycles. The Kier molecular flexibility index (Phi) is 4.91. The molecular formula is C12H16N6S. The number of hydrogen-bond acceptors (Lipinski definition) is 5. The minimum absolute atomic E-state index is 0.249. The third-order valence-electron chi connectivity index (χ3n) is 2.51. The Balaban J connectivity index is 1.88. The lowest BCUT2D eigenvalue weighted by Gasteiger charge is -2.03. The lowest BCUT2D eigenvalue weighted by Crippen LogP contribution is -2.08. The van der Waals surface area contributed by atoms with Crippen LogP contribution in [0.15, 0.2) is 35.5 Å². The van der Waals surface area contributed by atoms with Gasteiger partial charge in [-0.3, -0.25) is 5.41 Å². The van der Waals surface area contributed by atoms with Crippen molar-refractivity contribution >= 4 is 17.6 Å². The molecule has 0 saturated carbocycles. The predicted octanol–water partition coefficient (Wildman–Crippen LogP) is 1.86. The molecule has 19 heavy (non-hydrogen) atoms. The number of rotatable bonds is 7. The van der Waals surface area contributed by atoms with Crippen molar-refractivity contribution in [2.24, 2.45) is 5.73 Å². The van der Waals surface area contributed by atoms with Crippen LogP contribution in [0.1, 0.15) is 19.3 Å². The zero-order valence-electron chi connectivity index (χ0n) is 10.5. The number of para-hydroxylation sites is 1. The molecule has 2 rings (SSSR count). The summed E-state index contributed by atoms with van der Waals surface area (Å²) in [7, 11) is 0. The van der Waals surface area contributed by atoms with Gasteiger partial charge in [0.2, 0.25) is 5.16 Å². The van der Waals surface area contributed by atoms with Crippen molar-refractivity contribution in [1.29, 1.82) is 5.41 Å². The van der Waals surface area contributed by atoms with E-state index in [1.807, 2.05) is 30.3 Å². The number of unbranched alkanes of at least 4 members (excludes halogenated alkanes) is 1. The van der Waals surface area contributed by atoms with Crippen molar-refractivity contribution < 1.29 is 0 Å². The van der Waals surface area contributed by atoms with E-state index in [9.17, 15) is 0 Å². The molecule has 0 saturated heterocycles. The van der Waals surface area contributed by atoms with Crippen molar-refractivity contribution in [2.45, 2.75) is 24.4 Å². The molecule has 6 nitrogen and oxygen atoms in total. The van der Waals surface area contributed by atoms with Gasteiger partial charge >= 0.3 is 0 Å². The van der Waals surface area contributed by atoms with E-state index in [1.54, 1.807) is 16.4 Å². The fraction of sp³-hybridized carbons (Fsp3) is 0.333. The number of amidine groups is 1. The van der Waals surface area contributed by atoms with Crippen LogP contribution in [0, 0.1) is 5.41 Å². The summed E-state index contributed by atoms with van der Waals surface area (Å²) in [6.07, 6.45) is 2.57. The molecule has 1 aromatic carbocycles. The van der Waals surface area contributed by atoms with Gasteiger partial charge in [-0.15, -0.1) is 5.10 Å². The third-order valence-corrected chi connectivity index (χ3v) is 3.52. The molecule has 0 aliphatic carbocycles. The normalized spacial score (nSPS) is 10.5. The van der Waals surface area contributed by atoms with Gasteiger partial charge in [0.15, 0.2) is 0 Å². The number of nitrogens with two attached hydrogens (primary N) is 1. The Hall–Kier alpha value is -1.89. The molecule has 2 aromatic rings. The molecule has 0 atom stereocenters. The Morgan fingerprint density at radius 3 is 2.79 bits per heavy atom. The summed E-state index contributed by atoms with van der Waals surface area (Å²) in [5, 5.41) is 19.7. The number of benzene rings is 1. The topological polar surface area (TPSA) is 93.5 Å². The second kappa shape index (κ2) is 6.89. The lowest BCUT2D eigenvalue weighted by atomic mass is 10.2. The van der Waals surface area contributed by atoms with Crippen molar-refractivity contribution in [3.8, 4) is 5.69 Å². The van der Waals surface area contributed by atoms with Crippen LogP contribution in [-0.4, -0.2) is 31.8 Å². The average molecular weight is 276 g/mol. The van der Waals surface area contributed by atoms with Gasteiger partial charge in [0, 0.05) is 12.2 Å². The average Bonchev–Trinajstić information content (AvgIpc) is 2.87. The van der Waals surface area contributed by atoms with Crippen LogP contribution in [0.5, 0.6) is 0 Å². The summed E-state index contributed by atoms with van der Waals surface area (Å²) in [5.74, 6) is 1.17. The van der Waals surface area contributed by atoms with Gasteiger partial charge < -0.3 is 5.73 Å². The summed E-state index contributed by atoms with van der Waals surface area (Å²) >= 11 is 1.62. The maximum atomic E-state index is 7.15. The van der Waals surface area contributed by atoms with Gasteiger partial charge in [-0.05, 0) is 35.4 Å². The van der Waals surface area contributed by atoms with Crippen molar-refractivity contribution in [1.82, 2.24) is 20.2 Å². The molecular weight excluding hydrogens is 260 g/mol. The zero-order valence-corrected chi connectivity index (χ0v) is 11.3. The van der Waals surface area contributed by atoms with Crippen molar-refractivity contribution in [2.75, 3.05) is 5.75 Å². The number of aromatic nitrogens is 4. The van der Waals surface area contributed by atoms with E-state index in [1.165, 1.54) is 0 Å². The highest BCUT2D eigenvalue weighted by Crippen LogP contribution is 2.19. The largest absolute Gasteiger partial charge is 0.388 e. The molecule has 100 valence electrons. The minimum Gasteiger partial charge on any atom is -0.388 e. The highest BCUT2D eigenvalue weighted by molar-refractivity contribution is 7.99. The first kappa shape index (κ1) is 13.5. The SMILES string of the molecule is N=C(N)CCCCSc1nnnn1-c1ccccc1. The molecule has 3 N–H and O–H groups in total. The van der Waals surface area contributed by atoms with E-state index >= 15 is 0 Å². The Labute approximate surface area is 115 Å². The Morgan fingerprint density at radius 2 is 2.05 bits per heavy atom. The summed E-state index contributed by atoms with van der Waals surface area (Å²) in [6.45, 7) is 0. The predicted molar refractivity (Wildman–Crippen MR) is 75.6 cm³/mol. The van der Waals surface area contributed by atoms with Crippen LogP contribution in [0.2, 0.25) is 0 Å². The molecule has 1 aromatic heterocycles. The first-order valence-corrected chi connectivity index (χ1v) is 7.05. The molecule has 0 radical (unpaired) electrons. The van der Waals surface area contributed by atoms with Crippen LogP contribution in [-0.2, 0) is 0 Å². The van der Waals surface area contributed by atoms with Gasteiger partial charge in [-0.2, -0.15) is 4.68 Å². The first-order chi connectivity index (χ1) is 9.27. The quantitative estimate of drug-likeness (QED) is 0.348. The molecule has 0 fully saturated rings. The number of nitrogens with one attached hydrogen (secondary N) is 1. The third kappa shape index (κ3) is 4.06. The second-order valence-electron chi connectivity index (χ2n) is 4.04. The summed E-state index contributed by atoms with van der Waals surface area (Å²) in [4.78, 5) is 0. The summed E-state index contributed by atoms with van der Waals surface area (Å²) < 4.78 is 1.73. The smallest absolute Gasteiger partial charge is 0.214 e.